The highest BCUT2D eigenvalue weighted by Gasteiger charge is 2.40. The molecular weight excluding hydrogens is 348 g/mol. The molecule has 2 unspecified atom stereocenters. The lowest BCUT2D eigenvalue weighted by atomic mass is 9.77. The van der Waals surface area contributed by atoms with Gasteiger partial charge in [-0.3, -0.25) is 4.79 Å². The zero-order valence-corrected chi connectivity index (χ0v) is 14.9. The van der Waals surface area contributed by atoms with E-state index in [-0.39, 0.29) is 18.6 Å². The van der Waals surface area contributed by atoms with E-state index in [1.165, 1.54) is 0 Å². The topological polar surface area (TPSA) is 55.8 Å². The zero-order chi connectivity index (χ0) is 16.2. The first-order valence-electron chi connectivity index (χ1n) is 7.63. The zero-order valence-electron chi connectivity index (χ0n) is 13.3. The lowest BCUT2D eigenvalue weighted by molar-refractivity contribution is -0.138. The van der Waals surface area contributed by atoms with E-state index in [2.05, 4.69) is 15.9 Å². The van der Waals surface area contributed by atoms with Gasteiger partial charge in [-0.05, 0) is 29.8 Å². The summed E-state index contributed by atoms with van der Waals surface area (Å²) in [6.45, 7) is 8.02. The standard InChI is InChI=1S/C17H21BrO4/c1-8-5-10-13(17(3,4)7-12(19)20)15-11(6-9(2)21-15)14(18)16(10)22-8/h8-9H,5-7H2,1-4H3,(H,19,20). The third-order valence-electron chi connectivity index (χ3n) is 4.43. The van der Waals surface area contributed by atoms with Crippen LogP contribution >= 0.6 is 15.9 Å². The quantitative estimate of drug-likeness (QED) is 0.880. The normalized spacial score (nSPS) is 22.8. The number of carboxylic acids is 1. The van der Waals surface area contributed by atoms with Crippen LogP contribution in [0.15, 0.2) is 4.47 Å². The Morgan fingerprint density at radius 2 is 1.73 bits per heavy atom. The second kappa shape index (κ2) is 5.15. The van der Waals surface area contributed by atoms with Gasteiger partial charge in [0.05, 0.1) is 10.9 Å². The Kier molecular flexibility index (Phi) is 3.67. The van der Waals surface area contributed by atoms with Crippen LogP contribution in [0.2, 0.25) is 0 Å². The molecular formula is C17H21BrO4. The van der Waals surface area contributed by atoms with Crippen LogP contribution in [-0.4, -0.2) is 23.3 Å². The van der Waals surface area contributed by atoms with Crippen molar-refractivity contribution in [2.75, 3.05) is 0 Å². The molecule has 0 bridgehead atoms. The molecule has 0 spiro atoms. The summed E-state index contributed by atoms with van der Waals surface area (Å²) in [6.07, 6.45) is 1.88. The lowest BCUT2D eigenvalue weighted by Gasteiger charge is -2.28. The van der Waals surface area contributed by atoms with Gasteiger partial charge >= 0.3 is 5.97 Å². The summed E-state index contributed by atoms with van der Waals surface area (Å²) in [5, 5.41) is 9.28. The van der Waals surface area contributed by atoms with Crippen molar-refractivity contribution in [2.24, 2.45) is 0 Å². The largest absolute Gasteiger partial charge is 0.490 e. The van der Waals surface area contributed by atoms with Gasteiger partial charge in [0, 0.05) is 34.9 Å². The van der Waals surface area contributed by atoms with Crippen molar-refractivity contribution < 1.29 is 19.4 Å². The molecule has 0 amide bonds. The van der Waals surface area contributed by atoms with Gasteiger partial charge in [-0.25, -0.2) is 0 Å². The molecule has 3 rings (SSSR count). The van der Waals surface area contributed by atoms with E-state index in [9.17, 15) is 9.90 Å². The maximum absolute atomic E-state index is 11.3. The van der Waals surface area contributed by atoms with E-state index in [0.29, 0.717) is 0 Å². The molecule has 2 atom stereocenters. The van der Waals surface area contributed by atoms with E-state index in [4.69, 9.17) is 9.47 Å². The SMILES string of the molecule is CC1Cc2c(c(Br)c3c(c2C(C)(C)CC(=O)O)OC(C)C3)O1. The minimum absolute atomic E-state index is 0.0691. The fourth-order valence-electron chi connectivity index (χ4n) is 3.64. The van der Waals surface area contributed by atoms with E-state index in [1.54, 1.807) is 0 Å². The third kappa shape index (κ3) is 2.39. The minimum Gasteiger partial charge on any atom is -0.490 e. The van der Waals surface area contributed by atoms with Crippen molar-refractivity contribution in [1.82, 2.24) is 0 Å². The van der Waals surface area contributed by atoms with Gasteiger partial charge in [-0.1, -0.05) is 13.8 Å². The van der Waals surface area contributed by atoms with E-state index < -0.39 is 11.4 Å². The van der Waals surface area contributed by atoms with Crippen LogP contribution in [0.4, 0.5) is 0 Å². The Hall–Kier alpha value is -1.23. The molecule has 1 aromatic carbocycles. The number of carboxylic acid groups (broad SMARTS) is 1. The Bertz CT molecular complexity index is 612. The molecule has 5 heteroatoms. The Morgan fingerprint density at radius 1 is 1.18 bits per heavy atom. The van der Waals surface area contributed by atoms with Gasteiger partial charge in [0.15, 0.2) is 0 Å². The number of fused-ring (bicyclic) bond motifs is 2. The number of ether oxygens (including phenoxy) is 2. The fourth-order valence-corrected chi connectivity index (χ4v) is 4.32. The van der Waals surface area contributed by atoms with Crippen LogP contribution in [0, 0.1) is 0 Å². The Labute approximate surface area is 138 Å². The summed E-state index contributed by atoms with van der Waals surface area (Å²) in [5.74, 6) is 0.938. The maximum atomic E-state index is 11.3. The average molecular weight is 369 g/mol. The lowest BCUT2D eigenvalue weighted by Crippen LogP contribution is -2.24. The number of aliphatic carboxylic acids is 1. The average Bonchev–Trinajstić information content (AvgIpc) is 2.90. The molecule has 2 heterocycles. The highest BCUT2D eigenvalue weighted by atomic mass is 79.9. The Balaban J connectivity index is 2.24. The van der Waals surface area contributed by atoms with Gasteiger partial charge in [0.2, 0.25) is 0 Å². The summed E-state index contributed by atoms with van der Waals surface area (Å²) >= 11 is 3.67. The molecule has 0 fully saturated rings. The molecule has 4 nitrogen and oxygen atoms in total. The second-order valence-electron chi connectivity index (χ2n) is 7.02. The molecule has 22 heavy (non-hydrogen) atoms. The van der Waals surface area contributed by atoms with Crippen molar-refractivity contribution in [1.29, 1.82) is 0 Å². The maximum Gasteiger partial charge on any atom is 0.304 e. The molecule has 1 N–H and O–H groups in total. The van der Waals surface area contributed by atoms with E-state index in [0.717, 1.165) is 45.5 Å². The number of hydrogen-bond acceptors (Lipinski definition) is 3. The third-order valence-corrected chi connectivity index (χ3v) is 5.27. The van der Waals surface area contributed by atoms with Crippen molar-refractivity contribution in [3.8, 4) is 11.5 Å². The van der Waals surface area contributed by atoms with E-state index >= 15 is 0 Å². The van der Waals surface area contributed by atoms with Gasteiger partial charge in [0.25, 0.3) is 0 Å². The van der Waals surface area contributed by atoms with Crippen LogP contribution in [0.1, 0.15) is 50.8 Å². The van der Waals surface area contributed by atoms with Gasteiger partial charge < -0.3 is 14.6 Å². The summed E-state index contributed by atoms with van der Waals surface area (Å²) in [5.41, 5.74) is 2.71. The first kappa shape index (κ1) is 15.7. The predicted molar refractivity (Wildman–Crippen MR) is 87.0 cm³/mol. The van der Waals surface area contributed by atoms with Crippen LogP contribution in [0.25, 0.3) is 0 Å². The number of carbonyl (C=O) groups is 1. The van der Waals surface area contributed by atoms with Crippen molar-refractivity contribution in [2.45, 2.75) is 64.6 Å². The highest BCUT2D eigenvalue weighted by molar-refractivity contribution is 9.10. The predicted octanol–water partition coefficient (Wildman–Crippen LogP) is 3.85. The van der Waals surface area contributed by atoms with E-state index in [1.807, 2.05) is 27.7 Å². The molecule has 2 aliphatic heterocycles. The highest BCUT2D eigenvalue weighted by Crippen LogP contribution is 2.53. The molecule has 0 aromatic heterocycles. The van der Waals surface area contributed by atoms with Crippen LogP contribution < -0.4 is 9.47 Å². The number of halogens is 1. The Morgan fingerprint density at radius 3 is 2.32 bits per heavy atom. The summed E-state index contributed by atoms with van der Waals surface area (Å²) in [4.78, 5) is 11.3. The molecule has 0 saturated heterocycles. The van der Waals surface area contributed by atoms with Crippen molar-refractivity contribution >= 4 is 21.9 Å². The van der Waals surface area contributed by atoms with Crippen LogP contribution in [0.5, 0.6) is 11.5 Å². The number of benzene rings is 1. The smallest absolute Gasteiger partial charge is 0.304 e. The number of rotatable bonds is 3. The molecule has 2 aliphatic rings. The number of hydrogen-bond donors (Lipinski definition) is 1. The van der Waals surface area contributed by atoms with Crippen molar-refractivity contribution in [3.63, 3.8) is 0 Å². The van der Waals surface area contributed by atoms with Crippen LogP contribution in [-0.2, 0) is 23.1 Å². The second-order valence-corrected chi connectivity index (χ2v) is 7.82. The van der Waals surface area contributed by atoms with Gasteiger partial charge in [0.1, 0.15) is 23.7 Å². The van der Waals surface area contributed by atoms with Crippen molar-refractivity contribution in [3.05, 3.63) is 21.2 Å². The first-order chi connectivity index (χ1) is 10.2. The minimum atomic E-state index is -0.798. The molecule has 120 valence electrons. The summed E-state index contributed by atoms with van der Waals surface area (Å²) in [7, 11) is 0. The molecule has 0 saturated carbocycles. The van der Waals surface area contributed by atoms with Crippen LogP contribution in [0.3, 0.4) is 0 Å². The first-order valence-corrected chi connectivity index (χ1v) is 8.42. The molecule has 0 aliphatic carbocycles. The fraction of sp³-hybridized carbons (Fsp3) is 0.588. The molecule has 0 radical (unpaired) electrons. The summed E-state index contributed by atoms with van der Waals surface area (Å²) in [6, 6.07) is 0. The molecule has 1 aromatic rings. The summed E-state index contributed by atoms with van der Waals surface area (Å²) < 4.78 is 13.0. The van der Waals surface area contributed by atoms with Gasteiger partial charge in [-0.2, -0.15) is 0 Å². The monoisotopic (exact) mass is 368 g/mol. The van der Waals surface area contributed by atoms with Gasteiger partial charge in [-0.15, -0.1) is 0 Å².